The first-order valence-electron chi connectivity index (χ1n) is 5.85. The van der Waals surface area contributed by atoms with Gasteiger partial charge in [-0.2, -0.15) is 0 Å². The summed E-state index contributed by atoms with van der Waals surface area (Å²) in [5, 5.41) is 0.572. The van der Waals surface area contributed by atoms with Crippen molar-refractivity contribution in [1.82, 2.24) is 0 Å². The lowest BCUT2D eigenvalue weighted by atomic mass is 10.2. The summed E-state index contributed by atoms with van der Waals surface area (Å²) in [6.07, 6.45) is 0. The molecule has 0 bridgehead atoms. The van der Waals surface area contributed by atoms with E-state index in [1.807, 2.05) is 13.8 Å². The molecule has 0 aliphatic carbocycles. The summed E-state index contributed by atoms with van der Waals surface area (Å²) in [5.41, 5.74) is 2.27. The quantitative estimate of drug-likeness (QED) is 0.858. The molecule has 0 amide bonds. The van der Waals surface area contributed by atoms with Crippen molar-refractivity contribution in [2.45, 2.75) is 18.7 Å². The molecule has 2 rings (SSSR count). The highest BCUT2D eigenvalue weighted by atomic mass is 79.9. The standard InChI is InChI=1S/C14H13BrClNO2S/c1-9-3-5-12(6-4-9)20(18,19)17-11-7-10(2)14(16)13(15)8-11/h3-8,17H,1-2H3. The first-order valence-corrected chi connectivity index (χ1v) is 8.50. The maximum absolute atomic E-state index is 12.3. The number of rotatable bonds is 3. The lowest BCUT2D eigenvalue weighted by molar-refractivity contribution is 0.601. The Kier molecular flexibility index (Phi) is 4.42. The van der Waals surface area contributed by atoms with Crippen molar-refractivity contribution in [3.8, 4) is 0 Å². The van der Waals surface area contributed by atoms with Gasteiger partial charge in [-0.05, 0) is 59.6 Å². The molecule has 0 spiro atoms. The van der Waals surface area contributed by atoms with Gasteiger partial charge in [-0.15, -0.1) is 0 Å². The number of anilines is 1. The molecule has 2 aromatic rings. The Balaban J connectivity index is 2.36. The van der Waals surface area contributed by atoms with E-state index >= 15 is 0 Å². The summed E-state index contributed by atoms with van der Waals surface area (Å²) in [6, 6.07) is 10.0. The molecule has 6 heteroatoms. The van der Waals surface area contributed by atoms with Crippen LogP contribution < -0.4 is 4.72 Å². The molecule has 0 saturated heterocycles. The number of sulfonamides is 1. The average molecular weight is 375 g/mol. The van der Waals surface area contributed by atoms with Crippen LogP contribution in [-0.2, 0) is 10.0 Å². The van der Waals surface area contributed by atoms with Crippen molar-refractivity contribution in [1.29, 1.82) is 0 Å². The average Bonchev–Trinajstić information content (AvgIpc) is 2.36. The van der Waals surface area contributed by atoms with Crippen LogP contribution in [0.25, 0.3) is 0 Å². The second-order valence-corrected chi connectivity index (χ2v) is 7.42. The molecule has 0 unspecified atom stereocenters. The van der Waals surface area contributed by atoms with E-state index in [0.29, 0.717) is 15.2 Å². The topological polar surface area (TPSA) is 46.2 Å². The lowest BCUT2D eigenvalue weighted by Crippen LogP contribution is -2.13. The van der Waals surface area contributed by atoms with E-state index in [4.69, 9.17) is 11.6 Å². The maximum atomic E-state index is 12.3. The molecule has 0 aliphatic heterocycles. The molecular formula is C14H13BrClNO2S. The highest BCUT2D eigenvalue weighted by Crippen LogP contribution is 2.30. The fraction of sp³-hybridized carbons (Fsp3) is 0.143. The van der Waals surface area contributed by atoms with E-state index in [0.717, 1.165) is 11.1 Å². The van der Waals surface area contributed by atoms with Gasteiger partial charge in [-0.1, -0.05) is 29.3 Å². The summed E-state index contributed by atoms with van der Waals surface area (Å²) in [5.74, 6) is 0. The van der Waals surface area contributed by atoms with Crippen LogP contribution >= 0.6 is 27.5 Å². The van der Waals surface area contributed by atoms with Crippen molar-refractivity contribution in [3.63, 3.8) is 0 Å². The minimum absolute atomic E-state index is 0.229. The number of hydrogen-bond acceptors (Lipinski definition) is 2. The van der Waals surface area contributed by atoms with Crippen LogP contribution in [0.15, 0.2) is 45.8 Å². The van der Waals surface area contributed by atoms with Crippen LogP contribution in [0.1, 0.15) is 11.1 Å². The first kappa shape index (κ1) is 15.4. The Morgan fingerprint density at radius 1 is 1.10 bits per heavy atom. The zero-order chi connectivity index (χ0) is 14.9. The number of halogens is 2. The van der Waals surface area contributed by atoms with Gasteiger partial charge in [0.2, 0.25) is 0 Å². The zero-order valence-corrected chi connectivity index (χ0v) is 14.1. The normalized spacial score (nSPS) is 11.4. The smallest absolute Gasteiger partial charge is 0.261 e. The van der Waals surface area contributed by atoms with Gasteiger partial charge in [0, 0.05) is 4.47 Å². The molecule has 1 N–H and O–H groups in total. The Morgan fingerprint density at radius 3 is 2.25 bits per heavy atom. The van der Waals surface area contributed by atoms with Crippen LogP contribution in [0.3, 0.4) is 0 Å². The molecule has 0 heterocycles. The minimum atomic E-state index is -3.59. The van der Waals surface area contributed by atoms with E-state index < -0.39 is 10.0 Å². The molecule has 0 radical (unpaired) electrons. The van der Waals surface area contributed by atoms with E-state index in [9.17, 15) is 8.42 Å². The van der Waals surface area contributed by atoms with Gasteiger partial charge in [0.1, 0.15) is 0 Å². The fourth-order valence-corrected chi connectivity index (χ4v) is 3.43. The molecule has 0 saturated carbocycles. The fourth-order valence-electron chi connectivity index (χ4n) is 1.72. The summed E-state index contributed by atoms with van der Waals surface area (Å²) in [6.45, 7) is 3.72. The number of benzene rings is 2. The third-order valence-corrected chi connectivity index (χ3v) is 5.55. The number of aryl methyl sites for hydroxylation is 2. The van der Waals surface area contributed by atoms with E-state index in [2.05, 4.69) is 20.7 Å². The van der Waals surface area contributed by atoms with Crippen LogP contribution in [0.4, 0.5) is 5.69 Å². The summed E-state index contributed by atoms with van der Waals surface area (Å²) < 4.78 is 27.7. The predicted molar refractivity (Wildman–Crippen MR) is 85.9 cm³/mol. The molecule has 3 nitrogen and oxygen atoms in total. The molecular weight excluding hydrogens is 362 g/mol. The Bertz CT molecular complexity index is 719. The van der Waals surface area contributed by atoms with Crippen molar-refractivity contribution in [3.05, 3.63) is 57.0 Å². The maximum Gasteiger partial charge on any atom is 0.261 e. The summed E-state index contributed by atoms with van der Waals surface area (Å²) >= 11 is 9.33. The van der Waals surface area contributed by atoms with Crippen molar-refractivity contribution < 1.29 is 8.42 Å². The molecule has 0 fully saturated rings. The van der Waals surface area contributed by atoms with Crippen molar-refractivity contribution >= 4 is 43.2 Å². The van der Waals surface area contributed by atoms with Crippen LogP contribution in [0, 0.1) is 13.8 Å². The summed E-state index contributed by atoms with van der Waals surface area (Å²) in [7, 11) is -3.59. The first-order chi connectivity index (χ1) is 9.29. The Hall–Kier alpha value is -1.04. The minimum Gasteiger partial charge on any atom is -0.280 e. The van der Waals surface area contributed by atoms with E-state index in [1.54, 1.807) is 36.4 Å². The highest BCUT2D eigenvalue weighted by molar-refractivity contribution is 9.10. The second kappa shape index (κ2) is 5.76. The number of hydrogen-bond donors (Lipinski definition) is 1. The van der Waals surface area contributed by atoms with E-state index in [1.165, 1.54) is 0 Å². The van der Waals surface area contributed by atoms with Gasteiger partial charge >= 0.3 is 0 Å². The van der Waals surface area contributed by atoms with E-state index in [-0.39, 0.29) is 4.90 Å². The molecule has 2 aromatic carbocycles. The predicted octanol–water partition coefficient (Wildman–Crippen LogP) is 4.52. The van der Waals surface area contributed by atoms with Crippen molar-refractivity contribution in [2.24, 2.45) is 0 Å². The van der Waals surface area contributed by atoms with Crippen molar-refractivity contribution in [2.75, 3.05) is 4.72 Å². The molecule has 0 aliphatic rings. The SMILES string of the molecule is Cc1ccc(S(=O)(=O)Nc2cc(C)c(Cl)c(Br)c2)cc1. The van der Waals surface area contributed by atoms with Gasteiger partial charge in [0.25, 0.3) is 10.0 Å². The summed E-state index contributed by atoms with van der Waals surface area (Å²) in [4.78, 5) is 0.229. The Morgan fingerprint density at radius 2 is 1.70 bits per heavy atom. The van der Waals surface area contributed by atoms with Gasteiger partial charge in [0.15, 0.2) is 0 Å². The third kappa shape index (κ3) is 3.34. The molecule has 106 valence electrons. The lowest BCUT2D eigenvalue weighted by Gasteiger charge is -2.11. The number of nitrogens with one attached hydrogen (secondary N) is 1. The largest absolute Gasteiger partial charge is 0.280 e. The van der Waals surface area contributed by atoms with Gasteiger partial charge < -0.3 is 0 Å². The Labute approximate surface area is 132 Å². The van der Waals surface area contributed by atoms with Gasteiger partial charge in [0.05, 0.1) is 15.6 Å². The highest BCUT2D eigenvalue weighted by Gasteiger charge is 2.15. The van der Waals surface area contributed by atoms with Gasteiger partial charge in [-0.25, -0.2) is 8.42 Å². The van der Waals surface area contributed by atoms with Crippen LogP contribution in [-0.4, -0.2) is 8.42 Å². The van der Waals surface area contributed by atoms with Gasteiger partial charge in [-0.3, -0.25) is 4.72 Å². The molecule has 0 aromatic heterocycles. The second-order valence-electron chi connectivity index (χ2n) is 4.51. The molecule has 0 atom stereocenters. The van der Waals surface area contributed by atoms with Crippen LogP contribution in [0.5, 0.6) is 0 Å². The monoisotopic (exact) mass is 373 g/mol. The zero-order valence-electron chi connectivity index (χ0n) is 10.9. The third-order valence-electron chi connectivity index (χ3n) is 2.79. The molecule has 20 heavy (non-hydrogen) atoms. The van der Waals surface area contributed by atoms with Crippen LogP contribution in [0.2, 0.25) is 5.02 Å².